The van der Waals surface area contributed by atoms with Gasteiger partial charge in [-0.1, -0.05) is 85.5 Å². The molecule has 0 radical (unpaired) electrons. The average molecular weight is 1050 g/mol. The first-order valence-electron chi connectivity index (χ1n) is 22.2. The summed E-state index contributed by atoms with van der Waals surface area (Å²) < 4.78 is 14.3. The summed E-state index contributed by atoms with van der Waals surface area (Å²) in [6.07, 6.45) is 4.38. The van der Waals surface area contributed by atoms with E-state index in [4.69, 9.17) is 56.0 Å². The second-order valence-corrected chi connectivity index (χ2v) is 19.2. The van der Waals surface area contributed by atoms with Gasteiger partial charge in [0.15, 0.2) is 5.54 Å². The number of nitrogens with one attached hydrogen (secondary N) is 1. The summed E-state index contributed by atoms with van der Waals surface area (Å²) in [5.41, 5.74) is -2.72. The molecule has 408 valence electrons. The number of esters is 3. The van der Waals surface area contributed by atoms with E-state index < -0.39 is 26.9 Å². The van der Waals surface area contributed by atoms with Crippen LogP contribution in [0.15, 0.2) is 35.5 Å². The maximum absolute atomic E-state index is 11.7. The minimum absolute atomic E-state index is 0. The Morgan fingerprint density at radius 3 is 1.53 bits per heavy atom. The van der Waals surface area contributed by atoms with Crippen molar-refractivity contribution in [2.75, 3.05) is 59.2 Å². The Kier molecular flexibility index (Phi) is 52.6. The highest BCUT2D eigenvalue weighted by Crippen LogP contribution is 2.29. The first-order chi connectivity index (χ1) is 30.9. The van der Waals surface area contributed by atoms with Crippen LogP contribution in [0.1, 0.15) is 159 Å². The maximum atomic E-state index is 11.7. The van der Waals surface area contributed by atoms with Crippen LogP contribution in [0.25, 0.3) is 4.85 Å². The van der Waals surface area contributed by atoms with E-state index in [2.05, 4.69) is 49.3 Å². The van der Waals surface area contributed by atoms with Gasteiger partial charge in [-0.15, -0.1) is 5.11 Å². The number of amides is 1. The summed E-state index contributed by atoms with van der Waals surface area (Å²) in [6.45, 7) is 46.3. The molecule has 0 aromatic heterocycles. The normalized spacial score (nSPS) is 11.8. The van der Waals surface area contributed by atoms with E-state index in [0.717, 1.165) is 37.2 Å². The van der Waals surface area contributed by atoms with E-state index in [1.165, 1.54) is 24.8 Å². The molecule has 0 heterocycles. The van der Waals surface area contributed by atoms with Gasteiger partial charge >= 0.3 is 23.6 Å². The van der Waals surface area contributed by atoms with Crippen LogP contribution in [0.3, 0.4) is 0 Å². The summed E-state index contributed by atoms with van der Waals surface area (Å²) in [5.74, 6) is -1.22. The van der Waals surface area contributed by atoms with Crippen molar-refractivity contribution in [1.82, 2.24) is 15.1 Å². The van der Waals surface area contributed by atoms with E-state index in [0.29, 0.717) is 36.6 Å². The third-order valence-electron chi connectivity index (χ3n) is 8.88. The fourth-order valence-electron chi connectivity index (χ4n) is 4.41. The van der Waals surface area contributed by atoms with Crippen molar-refractivity contribution in [3.63, 3.8) is 0 Å². The Hall–Kier alpha value is -4.34. The van der Waals surface area contributed by atoms with Crippen molar-refractivity contribution in [3.05, 3.63) is 36.7 Å². The third-order valence-corrected chi connectivity index (χ3v) is 10.9. The number of hydrogen-bond donors (Lipinski definition) is 3. The molecule has 0 rings (SSSR count). The zero-order valence-corrected chi connectivity index (χ0v) is 45.8. The topological polar surface area (TPSA) is 225 Å². The molecule has 0 spiro atoms. The zero-order chi connectivity index (χ0) is 53.7. The lowest BCUT2D eigenvalue weighted by Crippen LogP contribution is -2.43. The first-order valence-corrected chi connectivity index (χ1v) is 23.8. The number of nitriles is 1. The second kappa shape index (κ2) is 44.6. The standard InChI is InChI=1S/C12H23NO3S.C11H21NO3S2.C10H16N4.C9H15NO2.C5H8O2.3CH4/c1-5-13(6-2)10(17)9-12(3,4)11(15)16-8-7-14;1-5-12(6-2)10(16)17-11(3,4)9(14)15-8-7-13;1-6-9(3,8-11)13-14-10(4,7-2)12-5;1-5-8(12)10-9(3,4)6-7(2)11;1-3-5(6)7-4-2;;;/h14H,5-9H2,1-4H3;13H,5-8H2,1-4H3;6-7H2,1-4H3;5H,1,6H2,2-4H3,(H,10,12);3H,1,4H2,2H3;3*1H4. The van der Waals surface area contributed by atoms with E-state index in [1.54, 1.807) is 48.5 Å². The van der Waals surface area contributed by atoms with Gasteiger partial charge in [-0.05, 0) is 103 Å². The van der Waals surface area contributed by atoms with Crippen molar-refractivity contribution < 1.29 is 48.4 Å². The molecular weight excluding hydrogens is 955 g/mol. The van der Waals surface area contributed by atoms with Gasteiger partial charge in [-0.2, -0.15) is 10.4 Å². The molecule has 0 aliphatic heterocycles. The molecule has 0 aromatic carbocycles. The van der Waals surface area contributed by atoms with Crippen molar-refractivity contribution in [2.24, 2.45) is 15.6 Å². The van der Waals surface area contributed by atoms with Crippen LogP contribution >= 0.6 is 36.2 Å². The fourth-order valence-corrected chi connectivity index (χ4v) is 6.87. The molecule has 2 unspecified atom stereocenters. The largest absolute Gasteiger partial charge is 0.463 e. The highest BCUT2D eigenvalue weighted by molar-refractivity contribution is 8.24. The van der Waals surface area contributed by atoms with Gasteiger partial charge in [0.2, 0.25) is 5.91 Å². The molecule has 2 atom stereocenters. The maximum Gasteiger partial charge on any atom is 0.337 e. The van der Waals surface area contributed by atoms with E-state index >= 15 is 0 Å². The number of carbonyl (C=O) groups excluding carboxylic acids is 5. The number of nitrogens with zero attached hydrogens (tertiary/aromatic N) is 6. The van der Waals surface area contributed by atoms with Crippen molar-refractivity contribution >= 4 is 75.1 Å². The van der Waals surface area contributed by atoms with Gasteiger partial charge in [-0.3, -0.25) is 24.0 Å². The van der Waals surface area contributed by atoms with Gasteiger partial charge in [0, 0.05) is 64.0 Å². The molecular formula is C50H95N7O10S3. The number of rotatable bonds is 23. The average Bonchev–Trinajstić information content (AvgIpc) is 3.27. The number of aliphatic hydroxyl groups excluding tert-OH is 2. The molecule has 0 bridgehead atoms. The molecule has 3 N–H and O–H groups in total. The molecule has 1 amide bonds. The molecule has 20 heteroatoms. The van der Waals surface area contributed by atoms with Crippen LogP contribution in [0, 0.1) is 23.3 Å². The molecule has 0 aromatic rings. The minimum atomic E-state index is -0.812. The van der Waals surface area contributed by atoms with E-state index in [1.807, 2.05) is 60.3 Å². The number of thiocarbonyl (C=S) groups is 2. The van der Waals surface area contributed by atoms with Gasteiger partial charge < -0.3 is 39.5 Å². The van der Waals surface area contributed by atoms with E-state index in [-0.39, 0.29) is 78.3 Å². The first kappa shape index (κ1) is 82.6. The zero-order valence-electron chi connectivity index (χ0n) is 43.3. The summed E-state index contributed by atoms with van der Waals surface area (Å²) >= 11 is 11.9. The smallest absolute Gasteiger partial charge is 0.337 e. The van der Waals surface area contributed by atoms with Gasteiger partial charge in [0.25, 0.3) is 0 Å². The molecule has 0 aliphatic carbocycles. The second-order valence-electron chi connectivity index (χ2n) is 16.4. The van der Waals surface area contributed by atoms with Gasteiger partial charge in [0.1, 0.15) is 28.1 Å². The quantitative estimate of drug-likeness (QED) is 0.0216. The SMILES string of the molecule is C.C.C.C=CC(=O)NC(C)(C)CC(C)=O.C=CC(=O)OCC.CCN(CC)C(=S)CC(C)(C)C(=O)OCCO.CCN(CC)C(=S)SC(C)(C)C(=O)OCCO.[C-]#[N+]C(C)(CC)N=NC(C)(C#N)CC. The number of hydrogen-bond acceptors (Lipinski definition) is 16. The van der Waals surface area contributed by atoms with Gasteiger partial charge in [-0.25, -0.2) is 11.4 Å². The molecule has 17 nitrogen and oxygen atoms in total. The number of ketones is 1. The molecule has 0 aliphatic rings. The van der Waals surface area contributed by atoms with E-state index in [9.17, 15) is 24.0 Å². The Bertz CT molecular complexity index is 1570. The predicted molar refractivity (Wildman–Crippen MR) is 296 cm³/mol. The number of ether oxygens (including phenoxy) is 3. The van der Waals surface area contributed by atoms with Crippen molar-refractivity contribution in [3.8, 4) is 6.07 Å². The van der Waals surface area contributed by atoms with Crippen molar-refractivity contribution in [1.29, 1.82) is 5.26 Å². The Morgan fingerprint density at radius 1 is 0.757 bits per heavy atom. The van der Waals surface area contributed by atoms with Crippen LogP contribution in [0.2, 0.25) is 0 Å². The minimum Gasteiger partial charge on any atom is -0.463 e. The lowest BCUT2D eigenvalue weighted by molar-refractivity contribution is -0.154. The number of aliphatic hydroxyl groups is 2. The summed E-state index contributed by atoms with van der Waals surface area (Å²) in [6, 6.07) is 2.09. The molecule has 0 saturated heterocycles. The molecule has 0 saturated carbocycles. The predicted octanol–water partition coefficient (Wildman–Crippen LogP) is 10.1. The number of azo groups is 1. The Balaban J connectivity index is -0.000000116. The monoisotopic (exact) mass is 1050 g/mol. The van der Waals surface area contributed by atoms with Crippen LogP contribution in [-0.4, -0.2) is 140 Å². The van der Waals surface area contributed by atoms with Crippen LogP contribution in [-0.2, 0) is 38.2 Å². The molecule has 0 fully saturated rings. The lowest BCUT2D eigenvalue weighted by atomic mass is 9.89. The fraction of sp³-hybridized carbons (Fsp3) is 0.740. The Labute approximate surface area is 439 Å². The summed E-state index contributed by atoms with van der Waals surface area (Å²) in [5, 5.41) is 36.6. The number of Topliss-reactive ketones (excluding diaryl/α,β-unsaturated/α-hetero) is 1. The summed E-state index contributed by atoms with van der Waals surface area (Å²) in [4.78, 5) is 63.4. The van der Waals surface area contributed by atoms with Crippen LogP contribution in [0.5, 0.6) is 0 Å². The summed E-state index contributed by atoms with van der Waals surface area (Å²) in [7, 11) is 0. The lowest BCUT2D eigenvalue weighted by Gasteiger charge is -2.28. The number of thioether (sulfide) groups is 1. The highest BCUT2D eigenvalue weighted by Gasteiger charge is 2.34. The highest BCUT2D eigenvalue weighted by atomic mass is 32.2. The Morgan fingerprint density at radius 2 is 1.21 bits per heavy atom. The third kappa shape index (κ3) is 41.4. The van der Waals surface area contributed by atoms with Crippen LogP contribution < -0.4 is 5.32 Å². The number of carbonyl (C=O) groups is 5. The van der Waals surface area contributed by atoms with Gasteiger partial charge in [0.05, 0.1) is 36.3 Å². The van der Waals surface area contributed by atoms with Crippen molar-refractivity contribution in [2.45, 2.75) is 180 Å². The molecule has 70 heavy (non-hydrogen) atoms. The van der Waals surface area contributed by atoms with Crippen LogP contribution in [0.4, 0.5) is 0 Å².